The Morgan fingerprint density at radius 2 is 2.00 bits per heavy atom. The Morgan fingerprint density at radius 1 is 1.32 bits per heavy atom. The highest BCUT2D eigenvalue weighted by Gasteiger charge is 2.35. The van der Waals surface area contributed by atoms with Gasteiger partial charge in [0.15, 0.2) is 0 Å². The van der Waals surface area contributed by atoms with Crippen molar-refractivity contribution in [2.75, 3.05) is 27.2 Å². The Balaban J connectivity index is 2.05. The molecule has 6 heteroatoms. The largest absolute Gasteiger partial charge is 0.416 e. The van der Waals surface area contributed by atoms with Crippen LogP contribution in [0.15, 0.2) is 24.3 Å². The van der Waals surface area contributed by atoms with Crippen molar-refractivity contribution in [2.45, 2.75) is 31.2 Å². The minimum Gasteiger partial charge on any atom is -0.390 e. The van der Waals surface area contributed by atoms with Crippen molar-refractivity contribution in [1.82, 2.24) is 10.2 Å². The number of hydrogen-bond donors (Lipinski definition) is 2. The molecule has 0 spiro atoms. The number of halogens is 3. The quantitative estimate of drug-likeness (QED) is 0.812. The van der Waals surface area contributed by atoms with Crippen LogP contribution in [0.3, 0.4) is 0 Å². The molecule has 3 nitrogen and oxygen atoms in total. The highest BCUT2D eigenvalue weighted by Crippen LogP contribution is 2.42. The predicted octanol–water partition coefficient (Wildman–Crippen LogP) is 2.67. The van der Waals surface area contributed by atoms with Crippen molar-refractivity contribution < 1.29 is 18.3 Å². The van der Waals surface area contributed by atoms with Gasteiger partial charge in [-0.05, 0) is 50.6 Å². The maximum absolute atomic E-state index is 12.8. The summed E-state index contributed by atoms with van der Waals surface area (Å²) in [6.07, 6.45) is -2.84. The molecule has 1 saturated carbocycles. The first kappa shape index (κ1) is 17.2. The second-order valence-corrected chi connectivity index (χ2v) is 6.26. The molecule has 1 aliphatic rings. The monoisotopic (exact) mass is 316 g/mol. The molecule has 0 saturated heterocycles. The van der Waals surface area contributed by atoms with Crippen LogP contribution in [0.5, 0.6) is 0 Å². The van der Waals surface area contributed by atoms with E-state index in [9.17, 15) is 18.3 Å². The average molecular weight is 316 g/mol. The predicted molar refractivity (Wildman–Crippen MR) is 79.5 cm³/mol. The number of nitrogens with one attached hydrogen (secondary N) is 1. The molecule has 2 N–H and O–H groups in total. The molecule has 1 aromatic rings. The second kappa shape index (κ2) is 6.98. The highest BCUT2D eigenvalue weighted by molar-refractivity contribution is 5.29. The summed E-state index contributed by atoms with van der Waals surface area (Å²) < 4.78 is 38.5. The number of rotatable bonds is 7. The molecule has 2 rings (SSSR count). The summed E-state index contributed by atoms with van der Waals surface area (Å²) in [7, 11) is 3.74. The van der Waals surface area contributed by atoms with Gasteiger partial charge in [0.2, 0.25) is 0 Å². The standard InChI is InChI=1S/C16H23F3N2O/c1-21(2)10-14(22)9-20-15(11-6-7-11)12-4-3-5-13(8-12)16(17,18)19/h3-5,8,11,14-15,20,22H,6-7,9-10H2,1-2H3. The van der Waals surface area contributed by atoms with Crippen LogP contribution >= 0.6 is 0 Å². The van der Waals surface area contributed by atoms with E-state index in [1.165, 1.54) is 12.1 Å². The van der Waals surface area contributed by atoms with Crippen molar-refractivity contribution in [2.24, 2.45) is 5.92 Å². The summed E-state index contributed by atoms with van der Waals surface area (Å²) in [5, 5.41) is 13.2. The third kappa shape index (κ3) is 4.97. The topological polar surface area (TPSA) is 35.5 Å². The molecular weight excluding hydrogens is 293 g/mol. The zero-order valence-electron chi connectivity index (χ0n) is 12.9. The molecule has 0 heterocycles. The molecule has 124 valence electrons. The summed E-state index contributed by atoms with van der Waals surface area (Å²) >= 11 is 0. The van der Waals surface area contributed by atoms with Crippen LogP contribution in [0.1, 0.15) is 30.0 Å². The first-order chi connectivity index (χ1) is 10.3. The van der Waals surface area contributed by atoms with Crippen LogP contribution in [-0.2, 0) is 6.18 Å². The lowest BCUT2D eigenvalue weighted by molar-refractivity contribution is -0.137. The third-order valence-electron chi connectivity index (χ3n) is 3.82. The van der Waals surface area contributed by atoms with Crippen LogP contribution < -0.4 is 5.32 Å². The fraction of sp³-hybridized carbons (Fsp3) is 0.625. The van der Waals surface area contributed by atoms with E-state index in [1.54, 1.807) is 6.07 Å². The summed E-state index contributed by atoms with van der Waals surface area (Å²) in [6.45, 7) is 0.891. The van der Waals surface area contributed by atoms with Crippen LogP contribution in [0.2, 0.25) is 0 Å². The van der Waals surface area contributed by atoms with E-state index >= 15 is 0 Å². The Kier molecular flexibility index (Phi) is 5.47. The first-order valence-corrected chi connectivity index (χ1v) is 7.50. The molecule has 0 amide bonds. The molecule has 22 heavy (non-hydrogen) atoms. The fourth-order valence-corrected chi connectivity index (χ4v) is 2.64. The Labute approximate surface area is 129 Å². The minimum atomic E-state index is -4.32. The van der Waals surface area contributed by atoms with Crippen LogP contribution in [0, 0.1) is 5.92 Å². The zero-order valence-corrected chi connectivity index (χ0v) is 12.9. The van der Waals surface area contributed by atoms with E-state index in [0.717, 1.165) is 18.9 Å². The van der Waals surface area contributed by atoms with Gasteiger partial charge in [0.25, 0.3) is 0 Å². The number of nitrogens with zero attached hydrogens (tertiary/aromatic N) is 1. The number of hydrogen-bond acceptors (Lipinski definition) is 3. The third-order valence-corrected chi connectivity index (χ3v) is 3.82. The van der Waals surface area contributed by atoms with Gasteiger partial charge in [-0.3, -0.25) is 0 Å². The summed E-state index contributed by atoms with van der Waals surface area (Å²) in [4.78, 5) is 1.88. The fourth-order valence-electron chi connectivity index (χ4n) is 2.64. The summed E-state index contributed by atoms with van der Waals surface area (Å²) in [5.74, 6) is 0.357. The lowest BCUT2D eigenvalue weighted by Gasteiger charge is -2.23. The Hall–Kier alpha value is -1.11. The van der Waals surface area contributed by atoms with Crippen molar-refractivity contribution in [3.8, 4) is 0 Å². The number of aliphatic hydroxyl groups is 1. The SMILES string of the molecule is CN(C)CC(O)CNC(c1cccc(C(F)(F)F)c1)C1CC1. The zero-order chi connectivity index (χ0) is 16.3. The van der Waals surface area contributed by atoms with Gasteiger partial charge in [-0.25, -0.2) is 0 Å². The van der Waals surface area contributed by atoms with Gasteiger partial charge >= 0.3 is 6.18 Å². The summed E-state index contributed by atoms with van der Waals surface area (Å²) in [6, 6.07) is 5.36. The number of likely N-dealkylation sites (N-methyl/N-ethyl adjacent to an activating group) is 1. The van der Waals surface area contributed by atoms with Gasteiger partial charge in [-0.2, -0.15) is 13.2 Å². The van der Waals surface area contributed by atoms with Gasteiger partial charge < -0.3 is 15.3 Å². The van der Waals surface area contributed by atoms with Gasteiger partial charge in [0.1, 0.15) is 0 Å². The number of alkyl halides is 3. The van der Waals surface area contributed by atoms with Gasteiger partial charge in [0.05, 0.1) is 11.7 Å². The van der Waals surface area contributed by atoms with Crippen molar-refractivity contribution in [3.63, 3.8) is 0 Å². The molecule has 0 aromatic heterocycles. The molecule has 1 aliphatic carbocycles. The van der Waals surface area contributed by atoms with Crippen LogP contribution in [-0.4, -0.2) is 43.3 Å². The van der Waals surface area contributed by atoms with E-state index in [0.29, 0.717) is 24.6 Å². The molecular formula is C16H23F3N2O. The summed E-state index contributed by atoms with van der Waals surface area (Å²) in [5.41, 5.74) is 0.0284. The van der Waals surface area contributed by atoms with E-state index in [-0.39, 0.29) is 6.04 Å². The number of aliphatic hydroxyl groups excluding tert-OH is 1. The van der Waals surface area contributed by atoms with Crippen molar-refractivity contribution >= 4 is 0 Å². The smallest absolute Gasteiger partial charge is 0.390 e. The molecule has 1 aromatic carbocycles. The molecule has 0 radical (unpaired) electrons. The second-order valence-electron chi connectivity index (χ2n) is 6.26. The van der Waals surface area contributed by atoms with E-state index in [1.807, 2.05) is 19.0 Å². The lowest BCUT2D eigenvalue weighted by Crippen LogP contribution is -2.37. The van der Waals surface area contributed by atoms with Crippen molar-refractivity contribution in [1.29, 1.82) is 0 Å². The van der Waals surface area contributed by atoms with E-state index in [2.05, 4.69) is 5.32 Å². The lowest BCUT2D eigenvalue weighted by atomic mass is 9.99. The molecule has 0 bridgehead atoms. The van der Waals surface area contributed by atoms with E-state index in [4.69, 9.17) is 0 Å². The Morgan fingerprint density at radius 3 is 2.55 bits per heavy atom. The molecule has 2 atom stereocenters. The first-order valence-electron chi connectivity index (χ1n) is 7.50. The normalized spacial score (nSPS) is 18.5. The minimum absolute atomic E-state index is 0.126. The van der Waals surface area contributed by atoms with Crippen molar-refractivity contribution in [3.05, 3.63) is 35.4 Å². The van der Waals surface area contributed by atoms with Gasteiger partial charge in [-0.15, -0.1) is 0 Å². The maximum atomic E-state index is 12.8. The van der Waals surface area contributed by atoms with Crippen LogP contribution in [0.4, 0.5) is 13.2 Å². The molecule has 1 fully saturated rings. The maximum Gasteiger partial charge on any atom is 0.416 e. The van der Waals surface area contributed by atoms with E-state index < -0.39 is 17.8 Å². The Bertz CT molecular complexity index is 487. The average Bonchev–Trinajstić information content (AvgIpc) is 3.22. The molecule has 2 unspecified atom stereocenters. The molecule has 0 aliphatic heterocycles. The van der Waals surface area contributed by atoms with Crippen LogP contribution in [0.25, 0.3) is 0 Å². The number of benzene rings is 1. The van der Waals surface area contributed by atoms with Gasteiger partial charge in [-0.1, -0.05) is 12.1 Å². The van der Waals surface area contributed by atoms with Gasteiger partial charge in [0, 0.05) is 19.1 Å². The highest BCUT2D eigenvalue weighted by atomic mass is 19.4.